The van der Waals surface area contributed by atoms with Gasteiger partial charge < -0.3 is 43.7 Å². The topological polar surface area (TPSA) is 169 Å². The van der Waals surface area contributed by atoms with Crippen LogP contribution in [0.4, 0.5) is 0 Å². The van der Waals surface area contributed by atoms with Gasteiger partial charge in [-0.3, -0.25) is 19.9 Å². The average molecular weight is 762 g/mol. The number of carbonyl (C=O) groups excluding carboxylic acids is 2. The van der Waals surface area contributed by atoms with Crippen LogP contribution < -0.4 is 29.0 Å². The van der Waals surface area contributed by atoms with Crippen molar-refractivity contribution in [2.45, 2.75) is 74.8 Å². The number of phenols is 2. The van der Waals surface area contributed by atoms with E-state index in [1.807, 2.05) is 31.9 Å². The van der Waals surface area contributed by atoms with Gasteiger partial charge in [-0.1, -0.05) is 6.07 Å². The fourth-order valence-corrected chi connectivity index (χ4v) is 11.7. The second-order valence-corrected chi connectivity index (χ2v) is 16.1. The summed E-state index contributed by atoms with van der Waals surface area (Å²) in [6.07, 6.45) is -0.0282. The van der Waals surface area contributed by atoms with Crippen molar-refractivity contribution in [2.75, 3.05) is 47.0 Å². The molecule has 2 fully saturated rings. The standard InChI is InChI=1S/C39H43N3O11S/c1-16-9-20-10-22-37(46)42-23-13-50-38(47)39(21-12-25(48-5)24(44)11-19(21)7-8-40-39)14-54-36(30(42)29(41(22)4)26(20)31(45)32(16)49-6)28-27(23)35-34(51-15-52-35)17(2)33(28)53-18(3)43/h9,11-12,22-23,29-30,36-37,40,44-46H,7-8,10,13-15H2,1-6H3/t22?,23-,29?,30?,36+,37-,39+/m0/s1. The van der Waals surface area contributed by atoms with E-state index < -0.39 is 47.1 Å². The number of hydrogen-bond acceptors (Lipinski definition) is 15. The molecule has 3 aromatic carbocycles. The zero-order valence-electron chi connectivity index (χ0n) is 30.8. The number of hydrogen-bond donors (Lipinski definition) is 4. The maximum Gasteiger partial charge on any atom is 0.331 e. The molecule has 286 valence electrons. The fraction of sp³-hybridized carbons (Fsp3) is 0.487. The molecular weight excluding hydrogens is 719 g/mol. The van der Waals surface area contributed by atoms with Gasteiger partial charge in [0.25, 0.3) is 0 Å². The Bertz CT molecular complexity index is 2130. The lowest BCUT2D eigenvalue weighted by atomic mass is 9.73. The molecule has 3 unspecified atom stereocenters. The third-order valence-corrected chi connectivity index (χ3v) is 13.7. The largest absolute Gasteiger partial charge is 0.504 e. The lowest BCUT2D eigenvalue weighted by Gasteiger charge is -2.62. The number of carbonyl (C=O) groups is 2. The van der Waals surface area contributed by atoms with E-state index in [2.05, 4.69) is 10.2 Å². The molecule has 0 aliphatic carbocycles. The number of phenolic OH excluding ortho intramolecular Hbond substituents is 2. The summed E-state index contributed by atoms with van der Waals surface area (Å²) in [5, 5.41) is 38.2. The summed E-state index contributed by atoms with van der Waals surface area (Å²) >= 11 is 1.47. The average Bonchev–Trinajstić information content (AvgIpc) is 3.63. The highest BCUT2D eigenvalue weighted by Crippen LogP contribution is 2.64. The Balaban J connectivity index is 1.32. The van der Waals surface area contributed by atoms with E-state index in [9.17, 15) is 24.9 Å². The molecule has 4 N–H and O–H groups in total. The van der Waals surface area contributed by atoms with Gasteiger partial charge in [0, 0.05) is 47.5 Å². The van der Waals surface area contributed by atoms with Crippen LogP contribution in [0.3, 0.4) is 0 Å². The number of benzene rings is 3. The van der Waals surface area contributed by atoms with E-state index in [1.165, 1.54) is 32.9 Å². The Morgan fingerprint density at radius 1 is 1.02 bits per heavy atom. The molecule has 14 nitrogen and oxygen atoms in total. The molecule has 7 atom stereocenters. The number of aromatic hydroxyl groups is 2. The predicted molar refractivity (Wildman–Crippen MR) is 195 cm³/mol. The van der Waals surface area contributed by atoms with Crippen LogP contribution in [0.1, 0.15) is 68.8 Å². The van der Waals surface area contributed by atoms with Crippen LogP contribution in [0.5, 0.6) is 40.2 Å². The van der Waals surface area contributed by atoms with Gasteiger partial charge in [-0.25, -0.2) is 4.79 Å². The number of nitrogens with one attached hydrogen (secondary N) is 1. The van der Waals surface area contributed by atoms with Crippen molar-refractivity contribution < 1.29 is 53.3 Å². The monoisotopic (exact) mass is 761 g/mol. The van der Waals surface area contributed by atoms with Crippen molar-refractivity contribution in [1.82, 2.24) is 15.1 Å². The molecule has 0 radical (unpaired) electrons. The molecule has 7 aliphatic heterocycles. The molecule has 2 saturated heterocycles. The van der Waals surface area contributed by atoms with Crippen molar-refractivity contribution in [3.05, 3.63) is 62.7 Å². The lowest BCUT2D eigenvalue weighted by molar-refractivity contribution is -0.186. The SMILES string of the molecule is COc1cc2c(cc1O)CCN[C@]21CS[C@@H]2c3c(OC(C)=O)c(C)c4c(c3[C@H](COC1=O)N1C2C2c3c(cc(C)c(OC)c3O)CC([C@@H]1O)N2C)OCO4. The van der Waals surface area contributed by atoms with E-state index >= 15 is 0 Å². The maximum absolute atomic E-state index is 14.7. The molecule has 4 bridgehead atoms. The smallest absolute Gasteiger partial charge is 0.331 e. The summed E-state index contributed by atoms with van der Waals surface area (Å²) in [6, 6.07) is 3.13. The number of nitrogens with zero attached hydrogens (tertiary/aromatic N) is 2. The number of thioether (sulfide) groups is 1. The van der Waals surface area contributed by atoms with Gasteiger partial charge in [0.05, 0.1) is 37.6 Å². The van der Waals surface area contributed by atoms with E-state index in [0.29, 0.717) is 70.2 Å². The van der Waals surface area contributed by atoms with E-state index in [1.54, 1.807) is 12.1 Å². The number of ether oxygens (including phenoxy) is 6. The minimum absolute atomic E-state index is 0.0226. The van der Waals surface area contributed by atoms with Crippen LogP contribution >= 0.6 is 11.8 Å². The first-order valence-corrected chi connectivity index (χ1v) is 19.1. The van der Waals surface area contributed by atoms with Crippen LogP contribution in [0.2, 0.25) is 0 Å². The van der Waals surface area contributed by atoms with Crippen LogP contribution in [0.25, 0.3) is 0 Å². The van der Waals surface area contributed by atoms with Crippen LogP contribution in [0, 0.1) is 13.8 Å². The molecule has 0 saturated carbocycles. The second-order valence-electron chi connectivity index (χ2n) is 14.9. The van der Waals surface area contributed by atoms with Gasteiger partial charge in [0.2, 0.25) is 6.79 Å². The summed E-state index contributed by atoms with van der Waals surface area (Å²) in [5.41, 5.74) is 4.36. The number of likely N-dealkylation sites (N-methyl/N-ethyl adjacent to an activating group) is 1. The third kappa shape index (κ3) is 4.74. The normalized spacial score (nSPS) is 29.4. The van der Waals surface area contributed by atoms with Gasteiger partial charge in [0.15, 0.2) is 40.0 Å². The number of fused-ring (bicyclic) bond motifs is 9. The highest BCUT2D eigenvalue weighted by atomic mass is 32.2. The molecule has 10 rings (SSSR count). The Morgan fingerprint density at radius 3 is 2.54 bits per heavy atom. The van der Waals surface area contributed by atoms with Crippen molar-refractivity contribution >= 4 is 23.7 Å². The highest BCUT2D eigenvalue weighted by Gasteiger charge is 2.61. The number of esters is 2. The first kappa shape index (κ1) is 35.3. The maximum atomic E-state index is 14.7. The highest BCUT2D eigenvalue weighted by molar-refractivity contribution is 7.99. The molecule has 7 aliphatic rings. The van der Waals surface area contributed by atoms with E-state index in [4.69, 9.17) is 28.4 Å². The zero-order valence-corrected chi connectivity index (χ0v) is 31.7. The summed E-state index contributed by atoms with van der Waals surface area (Å²) in [5.74, 6) is 0.949. The van der Waals surface area contributed by atoms with Crippen molar-refractivity contribution in [3.8, 4) is 40.2 Å². The molecule has 54 heavy (non-hydrogen) atoms. The molecule has 0 amide bonds. The Hall–Kier alpha value is -4.41. The minimum Gasteiger partial charge on any atom is -0.504 e. The summed E-state index contributed by atoms with van der Waals surface area (Å²) in [4.78, 5) is 31.7. The Labute approximate surface area is 316 Å². The number of aliphatic hydroxyl groups is 1. The quantitative estimate of drug-likeness (QED) is 0.226. The van der Waals surface area contributed by atoms with Crippen molar-refractivity contribution in [1.29, 1.82) is 0 Å². The Kier molecular flexibility index (Phi) is 8.21. The van der Waals surface area contributed by atoms with Gasteiger partial charge in [-0.2, -0.15) is 0 Å². The number of piperazine rings is 1. The van der Waals surface area contributed by atoms with Crippen LogP contribution in [-0.2, 0) is 32.7 Å². The van der Waals surface area contributed by atoms with Gasteiger partial charge >= 0.3 is 11.9 Å². The Morgan fingerprint density at radius 2 is 1.80 bits per heavy atom. The lowest BCUT2D eigenvalue weighted by Crippen LogP contribution is -2.70. The zero-order chi connectivity index (χ0) is 38.0. The van der Waals surface area contributed by atoms with Crippen LogP contribution in [-0.4, -0.2) is 102 Å². The summed E-state index contributed by atoms with van der Waals surface area (Å²) in [6.45, 7) is 5.26. The predicted octanol–water partition coefficient (Wildman–Crippen LogP) is 3.41. The summed E-state index contributed by atoms with van der Waals surface area (Å²) in [7, 11) is 4.96. The molecule has 7 heterocycles. The molecular formula is C39H43N3O11S. The fourth-order valence-electron chi connectivity index (χ4n) is 10.00. The molecule has 15 heteroatoms. The third-order valence-electron chi connectivity index (χ3n) is 12.3. The first-order chi connectivity index (χ1) is 25.9. The van der Waals surface area contributed by atoms with Crippen molar-refractivity contribution in [3.63, 3.8) is 0 Å². The van der Waals surface area contributed by atoms with Gasteiger partial charge in [0.1, 0.15) is 18.6 Å². The summed E-state index contributed by atoms with van der Waals surface area (Å²) < 4.78 is 35.9. The minimum atomic E-state index is -1.36. The number of rotatable bonds is 3. The number of aryl methyl sites for hydroxylation is 1. The van der Waals surface area contributed by atoms with E-state index in [0.717, 1.165) is 16.7 Å². The first-order valence-electron chi connectivity index (χ1n) is 18.1. The molecule has 0 aromatic heterocycles. The molecule has 1 spiro atoms. The molecule has 3 aromatic rings. The van der Waals surface area contributed by atoms with Gasteiger partial charge in [-0.05, 0) is 68.1 Å². The van der Waals surface area contributed by atoms with Crippen molar-refractivity contribution in [2.24, 2.45) is 0 Å². The van der Waals surface area contributed by atoms with Crippen LogP contribution in [0.15, 0.2) is 18.2 Å². The van der Waals surface area contributed by atoms with E-state index in [-0.39, 0.29) is 42.4 Å². The van der Waals surface area contributed by atoms with Gasteiger partial charge in [-0.15, -0.1) is 11.8 Å². The number of methoxy groups -OCH3 is 2. The second kappa shape index (κ2) is 12.6. The number of aliphatic hydroxyl groups excluding tert-OH is 1.